The highest BCUT2D eigenvalue weighted by molar-refractivity contribution is 9.10. The van der Waals surface area contributed by atoms with Crippen LogP contribution in [0.2, 0.25) is 0 Å². The van der Waals surface area contributed by atoms with E-state index in [0.717, 1.165) is 22.6 Å². The van der Waals surface area contributed by atoms with Gasteiger partial charge in [-0.25, -0.2) is 4.98 Å². The van der Waals surface area contributed by atoms with Gasteiger partial charge in [0.2, 0.25) is 0 Å². The number of hydrogen-bond acceptors (Lipinski definition) is 3. The predicted octanol–water partition coefficient (Wildman–Crippen LogP) is 4.60. The SMILES string of the molecule is CCNCC1CCCc2sc(-c3ccccc3Br)nc21. The molecular weight excluding hydrogens is 332 g/mol. The number of rotatable bonds is 4. The van der Waals surface area contributed by atoms with E-state index >= 15 is 0 Å². The van der Waals surface area contributed by atoms with Crippen molar-refractivity contribution in [3.05, 3.63) is 39.3 Å². The molecule has 106 valence electrons. The average molecular weight is 351 g/mol. The minimum atomic E-state index is 0.589. The van der Waals surface area contributed by atoms with Crippen LogP contribution in [0.4, 0.5) is 0 Å². The van der Waals surface area contributed by atoms with E-state index in [1.165, 1.54) is 35.4 Å². The van der Waals surface area contributed by atoms with Gasteiger partial charge in [-0.1, -0.05) is 41.1 Å². The second kappa shape index (κ2) is 6.37. The van der Waals surface area contributed by atoms with E-state index in [9.17, 15) is 0 Å². The number of nitrogens with one attached hydrogen (secondary N) is 1. The predicted molar refractivity (Wildman–Crippen MR) is 89.5 cm³/mol. The fourth-order valence-electron chi connectivity index (χ4n) is 2.77. The zero-order valence-electron chi connectivity index (χ0n) is 11.7. The highest BCUT2D eigenvalue weighted by Gasteiger charge is 2.25. The number of aryl methyl sites for hydroxylation is 1. The lowest BCUT2D eigenvalue weighted by Crippen LogP contribution is -2.23. The summed E-state index contributed by atoms with van der Waals surface area (Å²) < 4.78 is 1.13. The van der Waals surface area contributed by atoms with E-state index in [1.807, 2.05) is 11.3 Å². The number of thiazole rings is 1. The maximum absolute atomic E-state index is 4.96. The van der Waals surface area contributed by atoms with Crippen LogP contribution in [0.5, 0.6) is 0 Å². The summed E-state index contributed by atoms with van der Waals surface area (Å²) in [6.45, 7) is 4.26. The van der Waals surface area contributed by atoms with Crippen molar-refractivity contribution in [1.82, 2.24) is 10.3 Å². The van der Waals surface area contributed by atoms with Crippen LogP contribution in [0, 0.1) is 0 Å². The van der Waals surface area contributed by atoms with Crippen molar-refractivity contribution >= 4 is 27.3 Å². The van der Waals surface area contributed by atoms with Crippen LogP contribution in [0.15, 0.2) is 28.7 Å². The largest absolute Gasteiger partial charge is 0.316 e. The Hall–Kier alpha value is -0.710. The first kappa shape index (κ1) is 14.2. The molecule has 0 saturated carbocycles. The molecule has 1 aromatic carbocycles. The van der Waals surface area contributed by atoms with E-state index in [-0.39, 0.29) is 0 Å². The van der Waals surface area contributed by atoms with Crippen molar-refractivity contribution in [3.8, 4) is 10.6 Å². The molecule has 2 nitrogen and oxygen atoms in total. The van der Waals surface area contributed by atoms with Crippen LogP contribution in [-0.2, 0) is 6.42 Å². The van der Waals surface area contributed by atoms with Crippen molar-refractivity contribution in [2.45, 2.75) is 32.1 Å². The van der Waals surface area contributed by atoms with Gasteiger partial charge in [0.1, 0.15) is 5.01 Å². The molecule has 1 aliphatic rings. The Labute approximate surface area is 132 Å². The highest BCUT2D eigenvalue weighted by atomic mass is 79.9. The van der Waals surface area contributed by atoms with E-state index in [2.05, 4.69) is 52.4 Å². The third-order valence-electron chi connectivity index (χ3n) is 3.82. The number of fused-ring (bicyclic) bond motifs is 1. The minimum Gasteiger partial charge on any atom is -0.316 e. The lowest BCUT2D eigenvalue weighted by atomic mass is 9.91. The minimum absolute atomic E-state index is 0.589. The Balaban J connectivity index is 1.93. The van der Waals surface area contributed by atoms with E-state index in [0.29, 0.717) is 5.92 Å². The smallest absolute Gasteiger partial charge is 0.125 e. The Kier molecular flexibility index (Phi) is 4.54. The van der Waals surface area contributed by atoms with Gasteiger partial charge < -0.3 is 5.32 Å². The van der Waals surface area contributed by atoms with Crippen molar-refractivity contribution in [3.63, 3.8) is 0 Å². The molecule has 1 aromatic heterocycles. The molecule has 1 unspecified atom stereocenters. The Morgan fingerprint density at radius 2 is 2.25 bits per heavy atom. The summed E-state index contributed by atoms with van der Waals surface area (Å²) in [4.78, 5) is 6.46. The van der Waals surface area contributed by atoms with Gasteiger partial charge in [0.05, 0.1) is 5.69 Å². The van der Waals surface area contributed by atoms with Gasteiger partial charge in [-0.3, -0.25) is 0 Å². The Morgan fingerprint density at radius 3 is 3.05 bits per heavy atom. The van der Waals surface area contributed by atoms with Crippen LogP contribution in [0.1, 0.15) is 36.3 Å². The van der Waals surface area contributed by atoms with Crippen molar-refractivity contribution in [2.24, 2.45) is 0 Å². The summed E-state index contributed by atoms with van der Waals surface area (Å²) in [5, 5.41) is 4.63. The lowest BCUT2D eigenvalue weighted by Gasteiger charge is -2.21. The molecule has 0 bridgehead atoms. The molecule has 4 heteroatoms. The molecule has 1 heterocycles. The number of hydrogen-bond donors (Lipinski definition) is 1. The first-order chi connectivity index (χ1) is 9.79. The fourth-order valence-corrected chi connectivity index (χ4v) is 4.61. The molecular formula is C16H19BrN2S. The first-order valence-electron chi connectivity index (χ1n) is 7.24. The molecule has 0 saturated heterocycles. The van der Waals surface area contributed by atoms with E-state index in [1.54, 1.807) is 0 Å². The van der Waals surface area contributed by atoms with Gasteiger partial charge in [0.15, 0.2) is 0 Å². The number of nitrogens with zero attached hydrogens (tertiary/aromatic N) is 1. The monoisotopic (exact) mass is 350 g/mol. The van der Waals surface area contributed by atoms with Gasteiger partial charge in [-0.05, 0) is 31.9 Å². The second-order valence-corrected chi connectivity index (χ2v) is 7.14. The maximum atomic E-state index is 4.96. The second-order valence-electron chi connectivity index (χ2n) is 5.20. The zero-order chi connectivity index (χ0) is 13.9. The highest BCUT2D eigenvalue weighted by Crippen LogP contribution is 2.39. The molecule has 2 aromatic rings. The van der Waals surface area contributed by atoms with Gasteiger partial charge in [-0.2, -0.15) is 0 Å². The number of likely N-dealkylation sites (N-methyl/N-ethyl adjacent to an activating group) is 1. The molecule has 1 atom stereocenters. The summed E-state index contributed by atoms with van der Waals surface area (Å²) in [7, 11) is 0. The van der Waals surface area contributed by atoms with Crippen LogP contribution >= 0.6 is 27.3 Å². The van der Waals surface area contributed by atoms with Crippen molar-refractivity contribution in [1.29, 1.82) is 0 Å². The van der Waals surface area contributed by atoms with Crippen LogP contribution in [-0.4, -0.2) is 18.1 Å². The third-order valence-corrected chi connectivity index (χ3v) is 5.67. The van der Waals surface area contributed by atoms with Crippen LogP contribution in [0.25, 0.3) is 10.6 Å². The normalized spacial score (nSPS) is 18.0. The lowest BCUT2D eigenvalue weighted by molar-refractivity contribution is 0.509. The summed E-state index contributed by atoms with van der Waals surface area (Å²) in [5.41, 5.74) is 2.56. The first-order valence-corrected chi connectivity index (χ1v) is 8.85. The third kappa shape index (κ3) is 2.83. The quantitative estimate of drug-likeness (QED) is 0.871. The summed E-state index contributed by atoms with van der Waals surface area (Å²) in [5.74, 6) is 0.589. The van der Waals surface area contributed by atoms with Gasteiger partial charge >= 0.3 is 0 Å². The van der Waals surface area contributed by atoms with E-state index < -0.39 is 0 Å². The van der Waals surface area contributed by atoms with Gasteiger partial charge in [0, 0.05) is 27.4 Å². The van der Waals surface area contributed by atoms with Crippen molar-refractivity contribution in [2.75, 3.05) is 13.1 Å². The molecule has 0 spiro atoms. The Morgan fingerprint density at radius 1 is 1.40 bits per heavy atom. The summed E-state index contributed by atoms with van der Waals surface area (Å²) in [6.07, 6.45) is 3.75. The van der Waals surface area contributed by atoms with Crippen molar-refractivity contribution < 1.29 is 0 Å². The average Bonchev–Trinajstić information content (AvgIpc) is 2.89. The maximum Gasteiger partial charge on any atom is 0.125 e. The molecule has 0 radical (unpaired) electrons. The zero-order valence-corrected chi connectivity index (χ0v) is 14.1. The van der Waals surface area contributed by atoms with Gasteiger partial charge in [-0.15, -0.1) is 11.3 Å². The summed E-state index contributed by atoms with van der Waals surface area (Å²) in [6, 6.07) is 8.37. The number of halogens is 1. The summed E-state index contributed by atoms with van der Waals surface area (Å²) >= 11 is 5.51. The number of aromatic nitrogens is 1. The Bertz CT molecular complexity index is 594. The molecule has 1 aliphatic carbocycles. The number of benzene rings is 1. The standard InChI is InChI=1S/C16H19BrN2S/c1-2-18-10-11-6-5-9-14-15(11)19-16(20-14)12-7-3-4-8-13(12)17/h3-4,7-8,11,18H,2,5-6,9-10H2,1H3. The molecule has 0 amide bonds. The van der Waals surface area contributed by atoms with Crippen LogP contribution < -0.4 is 5.32 Å². The fraction of sp³-hybridized carbons (Fsp3) is 0.438. The molecule has 0 fully saturated rings. The molecule has 3 rings (SSSR count). The molecule has 0 aliphatic heterocycles. The molecule has 1 N–H and O–H groups in total. The van der Waals surface area contributed by atoms with Crippen LogP contribution in [0.3, 0.4) is 0 Å². The van der Waals surface area contributed by atoms with E-state index in [4.69, 9.17) is 4.98 Å². The molecule has 20 heavy (non-hydrogen) atoms. The van der Waals surface area contributed by atoms with Gasteiger partial charge in [0.25, 0.3) is 0 Å². The topological polar surface area (TPSA) is 24.9 Å².